The van der Waals surface area contributed by atoms with Gasteiger partial charge in [-0.1, -0.05) is 24.3 Å². The average molecular weight is 374 g/mol. The highest BCUT2D eigenvalue weighted by molar-refractivity contribution is 5.83. The fourth-order valence-corrected chi connectivity index (χ4v) is 3.19. The number of aromatic amines is 1. The third kappa shape index (κ3) is 4.23. The molecule has 6 nitrogen and oxygen atoms in total. The number of aromatic nitrogens is 2. The molecule has 6 heteroatoms. The van der Waals surface area contributed by atoms with Gasteiger partial charge in [0, 0.05) is 35.2 Å². The minimum absolute atomic E-state index is 0.189. The molecule has 0 bridgehead atoms. The van der Waals surface area contributed by atoms with Gasteiger partial charge in [0.2, 0.25) is 0 Å². The fourth-order valence-electron chi connectivity index (χ4n) is 3.19. The first-order valence-electron chi connectivity index (χ1n) is 9.34. The molecule has 0 fully saturated rings. The summed E-state index contributed by atoms with van der Waals surface area (Å²) in [5.41, 5.74) is 3.25. The van der Waals surface area contributed by atoms with Gasteiger partial charge in [0.05, 0.1) is 12.1 Å². The third-order valence-electron chi connectivity index (χ3n) is 4.59. The number of hydrogen-bond donors (Lipinski definition) is 3. The van der Waals surface area contributed by atoms with Crippen molar-refractivity contribution < 1.29 is 9.53 Å². The van der Waals surface area contributed by atoms with Crippen LogP contribution >= 0.6 is 0 Å². The first-order valence-corrected chi connectivity index (χ1v) is 9.34. The Morgan fingerprint density at radius 1 is 1.04 bits per heavy atom. The fraction of sp³-hybridized carbons (Fsp3) is 0.182. The van der Waals surface area contributed by atoms with E-state index in [0.29, 0.717) is 19.7 Å². The van der Waals surface area contributed by atoms with Crippen LogP contribution in [0.15, 0.2) is 67.0 Å². The smallest absolute Gasteiger partial charge is 0.314 e. The van der Waals surface area contributed by atoms with Crippen LogP contribution in [0.25, 0.3) is 21.8 Å². The number of amides is 2. The number of H-pyrrole nitrogens is 1. The standard InChI is InChI=1S/C22H22N4O2/c27-22(24-11-9-17-15-26-21-6-2-1-5-19(17)21)25-12-13-28-18-7-8-20-16(14-18)4-3-10-23-20/h1-8,10,14-15,26H,9,11-13H2,(H2,24,25,27). The summed E-state index contributed by atoms with van der Waals surface area (Å²) in [6, 6.07) is 17.6. The molecule has 142 valence electrons. The number of para-hydroxylation sites is 1. The van der Waals surface area contributed by atoms with Crippen LogP contribution < -0.4 is 15.4 Å². The molecule has 4 aromatic rings. The predicted molar refractivity (Wildman–Crippen MR) is 111 cm³/mol. The Balaban J connectivity index is 1.17. The largest absolute Gasteiger partial charge is 0.492 e. The van der Waals surface area contributed by atoms with Crippen molar-refractivity contribution in [2.24, 2.45) is 0 Å². The van der Waals surface area contributed by atoms with Crippen LogP contribution in [0.2, 0.25) is 0 Å². The Hall–Kier alpha value is -3.54. The second-order valence-electron chi connectivity index (χ2n) is 6.50. The van der Waals surface area contributed by atoms with E-state index in [1.54, 1.807) is 6.20 Å². The third-order valence-corrected chi connectivity index (χ3v) is 4.59. The molecule has 0 aliphatic rings. The number of pyridine rings is 1. The van der Waals surface area contributed by atoms with Gasteiger partial charge in [0.15, 0.2) is 0 Å². The van der Waals surface area contributed by atoms with Gasteiger partial charge in [-0.05, 0) is 42.3 Å². The molecule has 0 aliphatic carbocycles. The van der Waals surface area contributed by atoms with Crippen molar-refractivity contribution in [2.45, 2.75) is 6.42 Å². The zero-order chi connectivity index (χ0) is 19.2. The van der Waals surface area contributed by atoms with Crippen molar-refractivity contribution in [3.8, 4) is 5.75 Å². The van der Waals surface area contributed by atoms with Crippen LogP contribution in [0, 0.1) is 0 Å². The van der Waals surface area contributed by atoms with Gasteiger partial charge < -0.3 is 20.4 Å². The maximum Gasteiger partial charge on any atom is 0.314 e. The van der Waals surface area contributed by atoms with Gasteiger partial charge in [0.25, 0.3) is 0 Å². The molecule has 2 aromatic carbocycles. The van der Waals surface area contributed by atoms with E-state index < -0.39 is 0 Å². The number of nitrogens with one attached hydrogen (secondary N) is 3. The van der Waals surface area contributed by atoms with Gasteiger partial charge in [0.1, 0.15) is 12.4 Å². The van der Waals surface area contributed by atoms with Crippen LogP contribution in [-0.2, 0) is 6.42 Å². The molecule has 2 heterocycles. The number of hydrogen-bond acceptors (Lipinski definition) is 3. The monoisotopic (exact) mass is 374 g/mol. The molecule has 3 N–H and O–H groups in total. The molecule has 2 amide bonds. The number of ether oxygens (including phenoxy) is 1. The van der Waals surface area contributed by atoms with E-state index in [0.717, 1.165) is 28.6 Å². The van der Waals surface area contributed by atoms with Crippen molar-refractivity contribution in [3.63, 3.8) is 0 Å². The molecule has 2 aromatic heterocycles. The molecular formula is C22H22N4O2. The van der Waals surface area contributed by atoms with Crippen LogP contribution in [0.4, 0.5) is 4.79 Å². The summed E-state index contributed by atoms with van der Waals surface area (Å²) in [7, 11) is 0. The Bertz CT molecular complexity index is 1090. The SMILES string of the molecule is O=C(NCCOc1ccc2ncccc2c1)NCCc1c[nH]c2ccccc12. The summed E-state index contributed by atoms with van der Waals surface area (Å²) in [5, 5.41) is 7.92. The van der Waals surface area contributed by atoms with E-state index in [9.17, 15) is 4.79 Å². The van der Waals surface area contributed by atoms with E-state index in [2.05, 4.69) is 26.7 Å². The second-order valence-corrected chi connectivity index (χ2v) is 6.50. The quantitative estimate of drug-likeness (QED) is 0.432. The highest BCUT2D eigenvalue weighted by Gasteiger charge is 2.04. The van der Waals surface area contributed by atoms with E-state index in [1.165, 1.54) is 10.9 Å². The molecule has 28 heavy (non-hydrogen) atoms. The summed E-state index contributed by atoms with van der Waals surface area (Å²) >= 11 is 0. The molecular weight excluding hydrogens is 352 g/mol. The molecule has 0 radical (unpaired) electrons. The summed E-state index contributed by atoms with van der Waals surface area (Å²) < 4.78 is 5.70. The summed E-state index contributed by atoms with van der Waals surface area (Å²) in [5.74, 6) is 0.766. The average Bonchev–Trinajstić information content (AvgIpc) is 3.14. The first kappa shape index (κ1) is 17.9. The number of urea groups is 1. The number of fused-ring (bicyclic) bond motifs is 2. The highest BCUT2D eigenvalue weighted by Crippen LogP contribution is 2.19. The van der Waals surface area contributed by atoms with Gasteiger partial charge in [-0.25, -0.2) is 4.79 Å². The zero-order valence-electron chi connectivity index (χ0n) is 15.4. The summed E-state index contributed by atoms with van der Waals surface area (Å²) in [6.07, 6.45) is 4.54. The molecule has 0 aliphatic heterocycles. The van der Waals surface area contributed by atoms with Crippen molar-refractivity contribution in [1.82, 2.24) is 20.6 Å². The number of rotatable bonds is 7. The van der Waals surface area contributed by atoms with Gasteiger partial charge in [-0.3, -0.25) is 4.98 Å². The maximum absolute atomic E-state index is 11.9. The van der Waals surface area contributed by atoms with E-state index in [-0.39, 0.29) is 6.03 Å². The minimum Gasteiger partial charge on any atom is -0.492 e. The number of carbonyl (C=O) groups is 1. The highest BCUT2D eigenvalue weighted by atomic mass is 16.5. The Labute approximate surface area is 162 Å². The van der Waals surface area contributed by atoms with E-state index in [4.69, 9.17) is 4.74 Å². The van der Waals surface area contributed by atoms with Gasteiger partial charge >= 0.3 is 6.03 Å². The van der Waals surface area contributed by atoms with Gasteiger partial charge in [-0.2, -0.15) is 0 Å². The molecule has 0 saturated carbocycles. The van der Waals surface area contributed by atoms with Crippen molar-refractivity contribution in [2.75, 3.05) is 19.7 Å². The van der Waals surface area contributed by atoms with E-state index >= 15 is 0 Å². The normalized spacial score (nSPS) is 10.9. The van der Waals surface area contributed by atoms with Crippen LogP contribution in [0.5, 0.6) is 5.75 Å². The predicted octanol–water partition coefficient (Wildman–Crippen LogP) is 3.64. The number of benzene rings is 2. The Morgan fingerprint density at radius 3 is 2.89 bits per heavy atom. The summed E-state index contributed by atoms with van der Waals surface area (Å²) in [6.45, 7) is 1.41. The van der Waals surface area contributed by atoms with Crippen molar-refractivity contribution >= 4 is 27.8 Å². The lowest BCUT2D eigenvalue weighted by molar-refractivity contribution is 0.236. The molecule has 0 atom stereocenters. The number of carbonyl (C=O) groups excluding carboxylic acids is 1. The molecule has 0 unspecified atom stereocenters. The second kappa shape index (κ2) is 8.43. The van der Waals surface area contributed by atoms with Crippen molar-refractivity contribution in [1.29, 1.82) is 0 Å². The van der Waals surface area contributed by atoms with Gasteiger partial charge in [-0.15, -0.1) is 0 Å². The first-order chi connectivity index (χ1) is 13.8. The van der Waals surface area contributed by atoms with Crippen molar-refractivity contribution in [3.05, 3.63) is 72.6 Å². The lowest BCUT2D eigenvalue weighted by Crippen LogP contribution is -2.38. The topological polar surface area (TPSA) is 79.0 Å². The number of nitrogens with zero attached hydrogens (tertiary/aromatic N) is 1. The molecule has 0 saturated heterocycles. The zero-order valence-corrected chi connectivity index (χ0v) is 15.4. The lowest BCUT2D eigenvalue weighted by Gasteiger charge is -2.09. The van der Waals surface area contributed by atoms with Crippen LogP contribution in [0.1, 0.15) is 5.56 Å². The Kier molecular flexibility index (Phi) is 5.38. The van der Waals surface area contributed by atoms with E-state index in [1.807, 2.05) is 54.7 Å². The minimum atomic E-state index is -0.189. The maximum atomic E-state index is 11.9. The summed E-state index contributed by atoms with van der Waals surface area (Å²) in [4.78, 5) is 19.5. The molecule has 0 spiro atoms. The van der Waals surface area contributed by atoms with Crippen LogP contribution in [-0.4, -0.2) is 35.7 Å². The molecule has 4 rings (SSSR count). The Morgan fingerprint density at radius 2 is 1.93 bits per heavy atom. The van der Waals surface area contributed by atoms with Crippen LogP contribution in [0.3, 0.4) is 0 Å². The lowest BCUT2D eigenvalue weighted by atomic mass is 10.1.